The second-order valence-corrected chi connectivity index (χ2v) is 6.84. The molecule has 0 aliphatic rings. The number of benzene rings is 1. The highest BCUT2D eigenvalue weighted by atomic mass is 16.2. The molecule has 8 nitrogen and oxygen atoms in total. The predicted octanol–water partition coefficient (Wildman–Crippen LogP) is 3.54. The summed E-state index contributed by atoms with van der Waals surface area (Å²) in [6.07, 6.45) is 3.14. The minimum Gasteiger partial charge on any atom is -0.331 e. The number of hydrogen-bond acceptors (Lipinski definition) is 4. The number of urea groups is 1. The van der Waals surface area contributed by atoms with E-state index in [1.807, 2.05) is 49.7 Å². The Labute approximate surface area is 158 Å². The summed E-state index contributed by atoms with van der Waals surface area (Å²) in [5.41, 5.74) is 4.43. The number of nitrogens with zero attached hydrogens (tertiary/aromatic N) is 5. The first-order chi connectivity index (χ1) is 12.9. The number of aryl methyl sites for hydroxylation is 1. The lowest BCUT2D eigenvalue weighted by atomic mass is 10.1. The quantitative estimate of drug-likeness (QED) is 0.722. The van der Waals surface area contributed by atoms with Crippen LogP contribution in [0.25, 0.3) is 5.69 Å². The van der Waals surface area contributed by atoms with Crippen LogP contribution in [0.15, 0.2) is 36.9 Å². The molecule has 1 atom stereocenters. The Kier molecular flexibility index (Phi) is 5.25. The van der Waals surface area contributed by atoms with Gasteiger partial charge in [0.1, 0.15) is 12.7 Å². The van der Waals surface area contributed by atoms with Crippen molar-refractivity contribution in [1.29, 1.82) is 0 Å². The van der Waals surface area contributed by atoms with Crippen LogP contribution in [0.5, 0.6) is 0 Å². The van der Waals surface area contributed by atoms with Crippen molar-refractivity contribution in [2.45, 2.75) is 46.7 Å². The molecule has 0 radical (unpaired) electrons. The molecule has 8 heteroatoms. The fourth-order valence-electron chi connectivity index (χ4n) is 3.03. The molecule has 142 valence electrons. The van der Waals surface area contributed by atoms with Gasteiger partial charge in [-0.15, -0.1) is 0 Å². The van der Waals surface area contributed by atoms with Crippen molar-refractivity contribution in [2.24, 2.45) is 0 Å². The van der Waals surface area contributed by atoms with Crippen molar-refractivity contribution in [3.05, 3.63) is 53.9 Å². The fraction of sp³-hybridized carbons (Fsp3) is 0.368. The van der Waals surface area contributed by atoms with E-state index in [2.05, 4.69) is 39.7 Å². The van der Waals surface area contributed by atoms with Crippen molar-refractivity contribution in [2.75, 3.05) is 5.32 Å². The number of hydrogen-bond donors (Lipinski definition) is 2. The molecule has 2 N–H and O–H groups in total. The monoisotopic (exact) mass is 367 g/mol. The zero-order chi connectivity index (χ0) is 19.6. The van der Waals surface area contributed by atoms with E-state index < -0.39 is 0 Å². The SMILES string of the molecule is Cc1nn(C(C)C)c(C)c1NC(=O)N[C@@H](C)c1ccc(-n2cncn2)cc1. The van der Waals surface area contributed by atoms with Gasteiger partial charge in [-0.2, -0.15) is 10.2 Å². The first kappa shape index (κ1) is 18.6. The maximum atomic E-state index is 12.5. The summed E-state index contributed by atoms with van der Waals surface area (Å²) in [6.45, 7) is 9.93. The number of aromatic nitrogens is 5. The molecule has 1 aromatic carbocycles. The molecule has 0 saturated heterocycles. The highest BCUT2D eigenvalue weighted by molar-refractivity contribution is 5.90. The molecule has 2 aromatic heterocycles. The minimum atomic E-state index is -0.252. The Hall–Kier alpha value is -3.16. The summed E-state index contributed by atoms with van der Waals surface area (Å²) < 4.78 is 3.60. The molecule has 2 amide bonds. The van der Waals surface area contributed by atoms with E-state index in [-0.39, 0.29) is 18.1 Å². The molecule has 2 heterocycles. The topological polar surface area (TPSA) is 89.7 Å². The Morgan fingerprint density at radius 3 is 2.37 bits per heavy atom. The normalized spacial score (nSPS) is 12.2. The molecule has 0 aliphatic heterocycles. The Morgan fingerprint density at radius 2 is 1.81 bits per heavy atom. The summed E-state index contributed by atoms with van der Waals surface area (Å²) >= 11 is 0. The third kappa shape index (κ3) is 3.99. The smallest absolute Gasteiger partial charge is 0.319 e. The number of amides is 2. The van der Waals surface area contributed by atoms with Gasteiger partial charge in [-0.1, -0.05) is 12.1 Å². The zero-order valence-electron chi connectivity index (χ0n) is 16.3. The van der Waals surface area contributed by atoms with Crippen molar-refractivity contribution in [1.82, 2.24) is 29.9 Å². The number of carbonyl (C=O) groups is 1. The molecular formula is C19H25N7O. The summed E-state index contributed by atoms with van der Waals surface area (Å²) in [5, 5.41) is 14.5. The van der Waals surface area contributed by atoms with Crippen LogP contribution in [0, 0.1) is 13.8 Å². The number of nitrogens with one attached hydrogen (secondary N) is 2. The average molecular weight is 367 g/mol. The van der Waals surface area contributed by atoms with Gasteiger partial charge in [-0.3, -0.25) is 4.68 Å². The number of carbonyl (C=O) groups excluding carboxylic acids is 1. The van der Waals surface area contributed by atoms with E-state index in [1.54, 1.807) is 11.0 Å². The predicted molar refractivity (Wildman–Crippen MR) is 104 cm³/mol. The molecule has 0 saturated carbocycles. The van der Waals surface area contributed by atoms with Crippen LogP contribution < -0.4 is 10.6 Å². The maximum Gasteiger partial charge on any atom is 0.319 e. The lowest BCUT2D eigenvalue weighted by Crippen LogP contribution is -2.31. The fourth-order valence-corrected chi connectivity index (χ4v) is 3.03. The molecule has 0 fully saturated rings. The third-order valence-electron chi connectivity index (χ3n) is 4.48. The third-order valence-corrected chi connectivity index (χ3v) is 4.48. The molecule has 3 aromatic rings. The van der Waals surface area contributed by atoms with Crippen molar-refractivity contribution >= 4 is 11.7 Å². The summed E-state index contributed by atoms with van der Waals surface area (Å²) in [5.74, 6) is 0. The zero-order valence-corrected chi connectivity index (χ0v) is 16.3. The second kappa shape index (κ2) is 7.61. The largest absolute Gasteiger partial charge is 0.331 e. The number of rotatable bonds is 5. The number of anilines is 1. The van der Waals surface area contributed by atoms with E-state index >= 15 is 0 Å². The Balaban J connectivity index is 1.66. The van der Waals surface area contributed by atoms with Crippen molar-refractivity contribution < 1.29 is 4.79 Å². The van der Waals surface area contributed by atoms with E-state index in [4.69, 9.17) is 0 Å². The minimum absolute atomic E-state index is 0.143. The average Bonchev–Trinajstić information content (AvgIpc) is 3.26. The molecule has 0 aliphatic carbocycles. The van der Waals surface area contributed by atoms with Gasteiger partial charge in [-0.05, 0) is 52.3 Å². The van der Waals surface area contributed by atoms with Gasteiger partial charge in [0.25, 0.3) is 0 Å². The Morgan fingerprint density at radius 1 is 1.11 bits per heavy atom. The van der Waals surface area contributed by atoms with Crippen LogP contribution in [0.2, 0.25) is 0 Å². The van der Waals surface area contributed by atoms with Crippen LogP contribution in [0.3, 0.4) is 0 Å². The molecule has 0 bridgehead atoms. The van der Waals surface area contributed by atoms with Gasteiger partial charge in [-0.25, -0.2) is 14.5 Å². The van der Waals surface area contributed by atoms with Crippen molar-refractivity contribution in [3.8, 4) is 5.69 Å². The summed E-state index contributed by atoms with van der Waals surface area (Å²) in [4.78, 5) is 16.4. The van der Waals surface area contributed by atoms with Crippen LogP contribution in [0.4, 0.5) is 10.5 Å². The highest BCUT2D eigenvalue weighted by Gasteiger charge is 2.17. The molecule has 0 spiro atoms. The van der Waals surface area contributed by atoms with Gasteiger partial charge in [0.15, 0.2) is 0 Å². The van der Waals surface area contributed by atoms with E-state index in [0.717, 1.165) is 28.3 Å². The lowest BCUT2D eigenvalue weighted by molar-refractivity contribution is 0.249. The van der Waals surface area contributed by atoms with Crippen LogP contribution in [0.1, 0.15) is 49.8 Å². The van der Waals surface area contributed by atoms with E-state index in [0.29, 0.717) is 0 Å². The standard InChI is InChI=1S/C19H25N7O/c1-12(2)26-15(5)18(14(4)24-26)23-19(27)22-13(3)16-6-8-17(9-7-16)25-11-20-10-21-25/h6-13H,1-5H3,(H2,22,23,27)/t13-/m0/s1. The summed E-state index contributed by atoms with van der Waals surface area (Å²) in [6, 6.07) is 7.67. The highest BCUT2D eigenvalue weighted by Crippen LogP contribution is 2.22. The van der Waals surface area contributed by atoms with Gasteiger partial charge in [0, 0.05) is 6.04 Å². The van der Waals surface area contributed by atoms with Crippen LogP contribution in [-0.4, -0.2) is 30.6 Å². The van der Waals surface area contributed by atoms with Crippen molar-refractivity contribution in [3.63, 3.8) is 0 Å². The molecule has 3 rings (SSSR count). The first-order valence-electron chi connectivity index (χ1n) is 8.95. The summed E-state index contributed by atoms with van der Waals surface area (Å²) in [7, 11) is 0. The lowest BCUT2D eigenvalue weighted by Gasteiger charge is -2.16. The van der Waals surface area contributed by atoms with Gasteiger partial charge >= 0.3 is 6.03 Å². The maximum absolute atomic E-state index is 12.5. The molecular weight excluding hydrogens is 342 g/mol. The first-order valence-corrected chi connectivity index (χ1v) is 8.95. The van der Waals surface area contributed by atoms with Crippen LogP contribution >= 0.6 is 0 Å². The van der Waals surface area contributed by atoms with Gasteiger partial charge < -0.3 is 10.6 Å². The molecule has 27 heavy (non-hydrogen) atoms. The van der Waals surface area contributed by atoms with Gasteiger partial charge in [0.2, 0.25) is 0 Å². The molecule has 0 unspecified atom stereocenters. The van der Waals surface area contributed by atoms with Crippen LogP contribution in [-0.2, 0) is 0 Å². The van der Waals surface area contributed by atoms with E-state index in [9.17, 15) is 4.79 Å². The van der Waals surface area contributed by atoms with E-state index in [1.165, 1.54) is 6.33 Å². The van der Waals surface area contributed by atoms with Gasteiger partial charge in [0.05, 0.1) is 28.8 Å². The Bertz CT molecular complexity index is 910. The second-order valence-electron chi connectivity index (χ2n) is 6.84.